The Morgan fingerprint density at radius 1 is 1.20 bits per heavy atom. The normalized spacial score (nSPS) is 22.2. The predicted octanol–water partition coefficient (Wildman–Crippen LogP) is 2.09. The molecule has 2 N–H and O–H groups in total. The molecule has 1 aromatic carbocycles. The molecule has 0 radical (unpaired) electrons. The number of likely N-dealkylation sites (tertiary alicyclic amines) is 1. The maximum Gasteiger partial charge on any atom is 0.315 e. The second-order valence-electron chi connectivity index (χ2n) is 6.88. The summed E-state index contributed by atoms with van der Waals surface area (Å²) < 4.78 is 0. The number of hydrogen-bond acceptors (Lipinski definition) is 3. The third kappa shape index (κ3) is 4.44. The fraction of sp³-hybridized carbons (Fsp3) is 0.556. The number of amides is 3. The third-order valence-electron chi connectivity index (χ3n) is 5.04. The van der Waals surface area contributed by atoms with Gasteiger partial charge in [-0.25, -0.2) is 4.79 Å². The lowest BCUT2D eigenvalue weighted by atomic mass is 9.97. The van der Waals surface area contributed by atoms with Crippen molar-refractivity contribution in [2.75, 3.05) is 38.1 Å². The van der Waals surface area contributed by atoms with Crippen molar-refractivity contribution in [2.45, 2.75) is 25.3 Å². The van der Waals surface area contributed by atoms with Crippen molar-refractivity contribution in [3.63, 3.8) is 0 Å². The third-order valence-corrected chi connectivity index (χ3v) is 5.36. The Morgan fingerprint density at radius 2 is 1.92 bits per heavy atom. The molecule has 2 saturated heterocycles. The van der Waals surface area contributed by atoms with Crippen LogP contribution >= 0.6 is 11.6 Å². The van der Waals surface area contributed by atoms with Crippen LogP contribution in [-0.2, 0) is 4.79 Å². The minimum atomic E-state index is -0.492. The van der Waals surface area contributed by atoms with Crippen LogP contribution in [0, 0.1) is 5.92 Å². The van der Waals surface area contributed by atoms with Crippen LogP contribution in [-0.4, -0.2) is 56.1 Å². The van der Waals surface area contributed by atoms with Crippen LogP contribution in [0.4, 0.5) is 10.5 Å². The lowest BCUT2D eigenvalue weighted by molar-refractivity contribution is -0.118. The second kappa shape index (κ2) is 8.06. The van der Waals surface area contributed by atoms with Gasteiger partial charge in [0.1, 0.15) is 6.04 Å². The molecule has 1 unspecified atom stereocenters. The molecule has 2 aliphatic heterocycles. The summed E-state index contributed by atoms with van der Waals surface area (Å²) in [4.78, 5) is 28.6. The van der Waals surface area contributed by atoms with E-state index in [2.05, 4.69) is 22.6 Å². The average Bonchev–Trinajstić information content (AvgIpc) is 2.95. The highest BCUT2D eigenvalue weighted by molar-refractivity contribution is 6.34. The van der Waals surface area contributed by atoms with Crippen LogP contribution in [0.2, 0.25) is 5.02 Å². The lowest BCUT2D eigenvalue weighted by Gasteiger charge is -2.29. The molecular formula is C18H25ClN4O2. The van der Waals surface area contributed by atoms with Crippen LogP contribution in [0.25, 0.3) is 0 Å². The molecule has 2 fully saturated rings. The summed E-state index contributed by atoms with van der Waals surface area (Å²) in [6, 6.07) is 6.51. The van der Waals surface area contributed by atoms with Gasteiger partial charge in [-0.05, 0) is 57.5 Å². The molecule has 0 spiro atoms. The Labute approximate surface area is 153 Å². The van der Waals surface area contributed by atoms with Gasteiger partial charge in [0.15, 0.2) is 0 Å². The molecule has 2 aliphatic rings. The van der Waals surface area contributed by atoms with Crippen LogP contribution in [0.3, 0.4) is 0 Å². The largest absolute Gasteiger partial charge is 0.338 e. The zero-order valence-electron chi connectivity index (χ0n) is 14.5. The van der Waals surface area contributed by atoms with E-state index in [1.807, 2.05) is 18.2 Å². The summed E-state index contributed by atoms with van der Waals surface area (Å²) in [7, 11) is 2.12. The number of halogens is 1. The number of carbonyl (C=O) groups is 2. The van der Waals surface area contributed by atoms with Crippen molar-refractivity contribution >= 4 is 29.2 Å². The first-order valence-electron chi connectivity index (χ1n) is 8.83. The number of rotatable bonds is 4. The fourth-order valence-corrected chi connectivity index (χ4v) is 3.67. The molecule has 0 aromatic heterocycles. The molecule has 1 atom stereocenters. The van der Waals surface area contributed by atoms with E-state index in [4.69, 9.17) is 11.6 Å². The number of nitrogens with zero attached hydrogens (tertiary/aromatic N) is 2. The van der Waals surface area contributed by atoms with Gasteiger partial charge in [0.05, 0.1) is 10.7 Å². The molecule has 25 heavy (non-hydrogen) atoms. The van der Waals surface area contributed by atoms with Crippen LogP contribution in [0.1, 0.15) is 19.3 Å². The highest BCUT2D eigenvalue weighted by atomic mass is 35.5. The number of piperidine rings is 1. The first-order chi connectivity index (χ1) is 12.0. The fourth-order valence-electron chi connectivity index (χ4n) is 3.44. The summed E-state index contributed by atoms with van der Waals surface area (Å²) in [6.45, 7) is 3.36. The predicted molar refractivity (Wildman–Crippen MR) is 99.0 cm³/mol. The van der Waals surface area contributed by atoms with Crippen molar-refractivity contribution in [3.05, 3.63) is 29.3 Å². The number of para-hydroxylation sites is 1. The number of nitrogens with one attached hydrogen (secondary N) is 2. The Bertz CT molecular complexity index is 631. The standard InChI is InChI=1S/C18H25ClN4O2/c1-22-9-6-13(7-10-22)12-20-18(25)21-15-8-11-23(17(15)24)16-5-3-2-4-14(16)19/h2-5,13,15H,6-12H2,1H3,(H2,20,21,25). The molecule has 1 aromatic rings. The number of anilines is 1. The number of benzene rings is 1. The maximum atomic E-state index is 12.6. The molecule has 0 aliphatic carbocycles. The van der Waals surface area contributed by atoms with E-state index in [1.54, 1.807) is 11.0 Å². The topological polar surface area (TPSA) is 64.7 Å². The average molecular weight is 365 g/mol. The van der Waals surface area contributed by atoms with Gasteiger partial charge in [0, 0.05) is 13.1 Å². The van der Waals surface area contributed by atoms with Crippen molar-refractivity contribution in [1.29, 1.82) is 0 Å². The number of carbonyl (C=O) groups excluding carboxylic acids is 2. The van der Waals surface area contributed by atoms with E-state index >= 15 is 0 Å². The zero-order valence-corrected chi connectivity index (χ0v) is 15.3. The van der Waals surface area contributed by atoms with E-state index < -0.39 is 6.04 Å². The van der Waals surface area contributed by atoms with Gasteiger partial charge in [-0.1, -0.05) is 23.7 Å². The van der Waals surface area contributed by atoms with Gasteiger partial charge in [-0.3, -0.25) is 4.79 Å². The zero-order chi connectivity index (χ0) is 17.8. The molecule has 2 heterocycles. The number of hydrogen-bond donors (Lipinski definition) is 2. The van der Waals surface area contributed by atoms with Gasteiger partial charge in [-0.2, -0.15) is 0 Å². The first-order valence-corrected chi connectivity index (χ1v) is 9.21. The van der Waals surface area contributed by atoms with Gasteiger partial charge < -0.3 is 20.4 Å². The molecule has 6 nitrogen and oxygen atoms in total. The highest BCUT2D eigenvalue weighted by Gasteiger charge is 2.34. The summed E-state index contributed by atoms with van der Waals surface area (Å²) >= 11 is 6.17. The van der Waals surface area contributed by atoms with Crippen molar-refractivity contribution in [1.82, 2.24) is 15.5 Å². The Kier molecular flexibility index (Phi) is 5.81. The van der Waals surface area contributed by atoms with Crippen molar-refractivity contribution in [2.24, 2.45) is 5.92 Å². The Balaban J connectivity index is 1.48. The first kappa shape index (κ1) is 18.0. The minimum absolute atomic E-state index is 0.109. The van der Waals surface area contributed by atoms with E-state index in [0.717, 1.165) is 25.9 Å². The highest BCUT2D eigenvalue weighted by Crippen LogP contribution is 2.28. The molecule has 136 valence electrons. The summed E-state index contributed by atoms with van der Waals surface area (Å²) in [5.41, 5.74) is 0.699. The van der Waals surface area contributed by atoms with Gasteiger partial charge >= 0.3 is 6.03 Å². The minimum Gasteiger partial charge on any atom is -0.338 e. The van der Waals surface area contributed by atoms with Gasteiger partial charge in [-0.15, -0.1) is 0 Å². The monoisotopic (exact) mass is 364 g/mol. The van der Waals surface area contributed by atoms with Gasteiger partial charge in [0.2, 0.25) is 5.91 Å². The van der Waals surface area contributed by atoms with Crippen LogP contribution in [0.5, 0.6) is 0 Å². The van der Waals surface area contributed by atoms with Crippen molar-refractivity contribution in [3.8, 4) is 0 Å². The van der Waals surface area contributed by atoms with Crippen molar-refractivity contribution < 1.29 is 9.59 Å². The maximum absolute atomic E-state index is 12.6. The second-order valence-corrected chi connectivity index (χ2v) is 7.29. The number of urea groups is 1. The van der Waals surface area contributed by atoms with E-state index in [1.165, 1.54) is 0 Å². The quantitative estimate of drug-likeness (QED) is 0.859. The van der Waals surface area contributed by atoms with E-state index in [9.17, 15) is 9.59 Å². The van der Waals surface area contributed by atoms with Gasteiger partial charge in [0.25, 0.3) is 0 Å². The van der Waals surface area contributed by atoms with E-state index in [-0.39, 0.29) is 11.9 Å². The summed E-state index contributed by atoms with van der Waals surface area (Å²) in [5.74, 6) is 0.406. The molecule has 0 bridgehead atoms. The molecule has 7 heteroatoms. The Hall–Kier alpha value is -1.79. The Morgan fingerprint density at radius 3 is 2.64 bits per heavy atom. The smallest absolute Gasteiger partial charge is 0.315 e. The molecule has 0 saturated carbocycles. The molecule has 3 rings (SSSR count). The van der Waals surface area contributed by atoms with Crippen LogP contribution in [0.15, 0.2) is 24.3 Å². The molecular weight excluding hydrogens is 340 g/mol. The summed E-state index contributed by atoms with van der Waals surface area (Å²) in [6.07, 6.45) is 2.78. The summed E-state index contributed by atoms with van der Waals surface area (Å²) in [5, 5.41) is 6.26. The molecule has 3 amide bonds. The SMILES string of the molecule is CN1CCC(CNC(=O)NC2CCN(c3ccccc3Cl)C2=O)CC1. The lowest BCUT2D eigenvalue weighted by Crippen LogP contribution is -2.47. The van der Waals surface area contributed by atoms with E-state index in [0.29, 0.717) is 36.1 Å². The van der Waals surface area contributed by atoms with Crippen LogP contribution < -0.4 is 15.5 Å².